The second-order valence-electron chi connectivity index (χ2n) is 8.59. The Bertz CT molecular complexity index is 1640. The minimum atomic E-state index is 1.07. The molecule has 3 heterocycles. The van der Waals surface area contributed by atoms with Crippen LogP contribution in [0.15, 0.2) is 103 Å². The fourth-order valence-corrected chi connectivity index (χ4v) is 6.15. The molecule has 0 atom stereocenters. The first-order valence-electron chi connectivity index (χ1n) is 12.4. The molecule has 0 saturated carbocycles. The number of nitrogens with zero attached hydrogens (tertiary/aromatic N) is 2. The van der Waals surface area contributed by atoms with Gasteiger partial charge in [0.2, 0.25) is 0 Å². The van der Waals surface area contributed by atoms with E-state index in [2.05, 4.69) is 118 Å². The van der Waals surface area contributed by atoms with E-state index in [-0.39, 0.29) is 0 Å². The lowest BCUT2D eigenvalue weighted by atomic mass is 9.97. The van der Waals surface area contributed by atoms with Gasteiger partial charge in [-0.2, -0.15) is 0 Å². The topological polar surface area (TPSA) is 9.86 Å². The Balaban J connectivity index is 0.00000112. The summed E-state index contributed by atoms with van der Waals surface area (Å²) in [7, 11) is 0. The van der Waals surface area contributed by atoms with Crippen LogP contribution in [0.1, 0.15) is 31.5 Å². The van der Waals surface area contributed by atoms with Crippen molar-refractivity contribution in [2.24, 2.45) is 0 Å². The number of benzene rings is 3. The van der Waals surface area contributed by atoms with E-state index in [9.17, 15) is 0 Å². The summed E-state index contributed by atoms with van der Waals surface area (Å²) in [4.78, 5) is 1.30. The van der Waals surface area contributed by atoms with Crippen LogP contribution in [-0.4, -0.2) is 9.13 Å². The van der Waals surface area contributed by atoms with Gasteiger partial charge in [-0.25, -0.2) is 0 Å². The maximum atomic E-state index is 2.39. The molecule has 0 amide bonds. The first-order chi connectivity index (χ1) is 17.4. The van der Waals surface area contributed by atoms with Crippen LogP contribution in [-0.2, 0) is 6.42 Å². The lowest BCUT2D eigenvalue weighted by molar-refractivity contribution is 0.874. The van der Waals surface area contributed by atoms with Crippen molar-refractivity contribution in [2.45, 2.75) is 26.7 Å². The molecular formula is C32H28N2S. The zero-order chi connectivity index (χ0) is 23.8. The van der Waals surface area contributed by atoms with E-state index in [0.29, 0.717) is 0 Å². The maximum absolute atomic E-state index is 2.39. The standard InChI is InChI=1S/C30H22N2S.C2H6/c1-2-8-21(9-3-1)27-20-31(28-12-6-4-11-25(27)28)22-14-16-23(17-15-22)32-29-13-7-5-10-24(29)26-18-19-33-30(26)32;1-2/h1-5,7-11,13-20H,6,12H2;1-2H3. The van der Waals surface area contributed by atoms with Crippen LogP contribution in [0.25, 0.3) is 49.7 Å². The minimum absolute atomic E-state index is 1.07. The number of fused-ring (bicyclic) bond motifs is 4. The highest BCUT2D eigenvalue weighted by Crippen LogP contribution is 2.37. The predicted molar refractivity (Wildman–Crippen MR) is 152 cm³/mol. The zero-order valence-corrected chi connectivity index (χ0v) is 20.9. The molecule has 0 radical (unpaired) electrons. The van der Waals surface area contributed by atoms with Gasteiger partial charge in [0, 0.05) is 45.2 Å². The number of para-hydroxylation sites is 1. The Morgan fingerprint density at radius 1 is 0.743 bits per heavy atom. The largest absolute Gasteiger partial charge is 0.320 e. The Hall–Kier alpha value is -3.82. The third-order valence-electron chi connectivity index (χ3n) is 6.74. The average Bonchev–Trinajstić information content (AvgIpc) is 3.64. The highest BCUT2D eigenvalue weighted by molar-refractivity contribution is 7.17. The van der Waals surface area contributed by atoms with E-state index >= 15 is 0 Å². The second-order valence-corrected chi connectivity index (χ2v) is 9.48. The van der Waals surface area contributed by atoms with Gasteiger partial charge in [0.05, 0.1) is 5.52 Å². The fraction of sp³-hybridized carbons (Fsp3) is 0.125. The van der Waals surface area contributed by atoms with Gasteiger partial charge in [0.25, 0.3) is 0 Å². The van der Waals surface area contributed by atoms with E-state index in [1.54, 1.807) is 11.3 Å². The van der Waals surface area contributed by atoms with E-state index in [0.717, 1.165) is 12.8 Å². The number of hydrogen-bond donors (Lipinski definition) is 0. The summed E-state index contributed by atoms with van der Waals surface area (Å²) in [6.07, 6.45) is 9.07. The number of rotatable bonds is 3. The van der Waals surface area contributed by atoms with Crippen LogP contribution in [0.4, 0.5) is 0 Å². The summed E-state index contributed by atoms with van der Waals surface area (Å²) >= 11 is 1.80. The summed E-state index contributed by atoms with van der Waals surface area (Å²) in [6, 6.07) is 30.7. The summed E-state index contributed by atoms with van der Waals surface area (Å²) in [6.45, 7) is 4.00. The molecule has 3 heteroatoms. The van der Waals surface area contributed by atoms with Crippen molar-refractivity contribution >= 4 is 38.5 Å². The van der Waals surface area contributed by atoms with Crippen molar-refractivity contribution < 1.29 is 0 Å². The van der Waals surface area contributed by atoms with E-state index in [4.69, 9.17) is 0 Å². The summed E-state index contributed by atoms with van der Waals surface area (Å²) in [5.41, 5.74) is 9.02. The molecule has 3 aromatic heterocycles. The summed E-state index contributed by atoms with van der Waals surface area (Å²) < 4.78 is 4.78. The fourth-order valence-electron chi connectivity index (χ4n) is 5.21. The molecule has 0 saturated heterocycles. The van der Waals surface area contributed by atoms with Gasteiger partial charge in [-0.1, -0.05) is 74.5 Å². The number of hydrogen-bond acceptors (Lipinski definition) is 1. The average molecular weight is 473 g/mol. The molecule has 172 valence electrons. The Kier molecular flexibility index (Phi) is 5.63. The normalized spacial score (nSPS) is 12.5. The van der Waals surface area contributed by atoms with Crippen LogP contribution < -0.4 is 0 Å². The summed E-state index contributed by atoms with van der Waals surface area (Å²) in [5, 5.41) is 4.84. The van der Waals surface area contributed by atoms with Crippen molar-refractivity contribution in [2.75, 3.05) is 0 Å². The van der Waals surface area contributed by atoms with Crippen LogP contribution in [0.3, 0.4) is 0 Å². The van der Waals surface area contributed by atoms with Crippen molar-refractivity contribution in [3.05, 3.63) is 114 Å². The molecule has 6 aromatic rings. The molecule has 0 bridgehead atoms. The Morgan fingerprint density at radius 2 is 1.49 bits per heavy atom. The van der Waals surface area contributed by atoms with Crippen molar-refractivity contribution in [1.82, 2.24) is 9.13 Å². The number of aromatic nitrogens is 2. The quantitative estimate of drug-likeness (QED) is 0.243. The van der Waals surface area contributed by atoms with Crippen molar-refractivity contribution in [3.8, 4) is 22.5 Å². The molecule has 2 nitrogen and oxygen atoms in total. The second kappa shape index (κ2) is 9.09. The van der Waals surface area contributed by atoms with Gasteiger partial charge in [-0.05, 0) is 60.2 Å². The van der Waals surface area contributed by atoms with Gasteiger partial charge >= 0.3 is 0 Å². The Morgan fingerprint density at radius 3 is 2.31 bits per heavy atom. The number of allylic oxidation sites excluding steroid dienone is 1. The van der Waals surface area contributed by atoms with E-state index in [1.165, 1.54) is 54.9 Å². The Labute approximate surface area is 210 Å². The first kappa shape index (κ1) is 21.7. The van der Waals surface area contributed by atoms with Crippen molar-refractivity contribution in [3.63, 3.8) is 0 Å². The molecule has 1 aliphatic carbocycles. The molecule has 35 heavy (non-hydrogen) atoms. The van der Waals surface area contributed by atoms with Gasteiger partial charge in [0.15, 0.2) is 0 Å². The molecule has 0 unspecified atom stereocenters. The summed E-state index contributed by atoms with van der Waals surface area (Å²) in [5.74, 6) is 0. The van der Waals surface area contributed by atoms with E-state index in [1.807, 2.05) is 13.8 Å². The van der Waals surface area contributed by atoms with Crippen LogP contribution in [0.2, 0.25) is 0 Å². The van der Waals surface area contributed by atoms with Gasteiger partial charge < -0.3 is 9.13 Å². The van der Waals surface area contributed by atoms with E-state index < -0.39 is 0 Å². The lowest BCUT2D eigenvalue weighted by Gasteiger charge is -2.14. The molecule has 0 spiro atoms. The van der Waals surface area contributed by atoms with Crippen LogP contribution in [0.5, 0.6) is 0 Å². The first-order valence-corrected chi connectivity index (χ1v) is 13.3. The van der Waals surface area contributed by atoms with Crippen molar-refractivity contribution in [1.29, 1.82) is 0 Å². The highest BCUT2D eigenvalue weighted by Gasteiger charge is 2.18. The molecule has 7 rings (SSSR count). The minimum Gasteiger partial charge on any atom is -0.320 e. The smallest absolute Gasteiger partial charge is 0.108 e. The van der Waals surface area contributed by atoms with Gasteiger partial charge in [-0.15, -0.1) is 11.3 Å². The predicted octanol–water partition coefficient (Wildman–Crippen LogP) is 9.29. The SMILES string of the molecule is C1=Cc2c(-c3ccccc3)cn(-c3ccc(-n4c5ccccc5c5ccsc54)cc3)c2CC1.CC. The van der Waals surface area contributed by atoms with Gasteiger partial charge in [0.1, 0.15) is 4.83 Å². The molecule has 1 aliphatic rings. The third kappa shape index (κ3) is 3.55. The highest BCUT2D eigenvalue weighted by atomic mass is 32.1. The maximum Gasteiger partial charge on any atom is 0.108 e. The molecule has 3 aromatic carbocycles. The molecule has 0 N–H and O–H groups in total. The van der Waals surface area contributed by atoms with Gasteiger partial charge in [-0.3, -0.25) is 0 Å². The third-order valence-corrected chi connectivity index (χ3v) is 7.63. The van der Waals surface area contributed by atoms with Crippen LogP contribution in [0, 0.1) is 0 Å². The molecular weight excluding hydrogens is 444 g/mol. The number of thiophene rings is 1. The lowest BCUT2D eigenvalue weighted by Crippen LogP contribution is -2.02. The monoisotopic (exact) mass is 472 g/mol. The molecule has 0 fully saturated rings. The molecule has 0 aliphatic heterocycles. The van der Waals surface area contributed by atoms with Crippen LogP contribution >= 0.6 is 11.3 Å². The zero-order valence-electron chi connectivity index (χ0n) is 20.1.